The summed E-state index contributed by atoms with van der Waals surface area (Å²) in [6.45, 7) is 10.3. The molecule has 0 aromatic heterocycles. The van der Waals surface area contributed by atoms with Crippen molar-refractivity contribution in [3.8, 4) is 11.5 Å². The number of nitrogens with zero attached hydrogens (tertiary/aromatic N) is 2. The maximum atomic E-state index is 5.98. The molecule has 4 nitrogen and oxygen atoms in total. The number of ether oxygens (including phenoxy) is 2. The number of methoxy groups -OCH3 is 1. The van der Waals surface area contributed by atoms with Gasteiger partial charge in [-0.2, -0.15) is 0 Å². The number of rotatable bonds is 7. The first kappa shape index (κ1) is 21.4. The molecule has 148 valence electrons. The molecule has 2 aromatic rings. The Morgan fingerprint density at radius 3 is 2.41 bits per heavy atom. The second-order valence-electron chi connectivity index (χ2n) is 6.97. The third kappa shape index (κ3) is 5.78. The molecule has 1 aliphatic rings. The highest BCUT2D eigenvalue weighted by molar-refractivity contribution is 5.85. The molecular weight excluding hydrogens is 360 g/mol. The van der Waals surface area contributed by atoms with E-state index in [1.165, 1.54) is 16.8 Å². The first-order chi connectivity index (χ1) is 12.7. The summed E-state index contributed by atoms with van der Waals surface area (Å²) in [5, 5.41) is 0. The van der Waals surface area contributed by atoms with Crippen molar-refractivity contribution in [2.45, 2.75) is 20.3 Å². The zero-order chi connectivity index (χ0) is 18.4. The quantitative estimate of drug-likeness (QED) is 0.657. The van der Waals surface area contributed by atoms with Gasteiger partial charge < -0.3 is 14.4 Å². The number of hydrogen-bond donors (Lipinski definition) is 0. The predicted octanol–water partition coefficient (Wildman–Crippen LogP) is 4.32. The molecule has 1 heterocycles. The van der Waals surface area contributed by atoms with E-state index in [0.717, 1.165) is 57.3 Å². The molecule has 5 heteroatoms. The average molecular weight is 391 g/mol. The number of hydrogen-bond acceptors (Lipinski definition) is 4. The minimum Gasteiger partial charge on any atom is -0.495 e. The summed E-state index contributed by atoms with van der Waals surface area (Å²) < 4.78 is 11.5. The van der Waals surface area contributed by atoms with E-state index in [0.29, 0.717) is 0 Å². The molecule has 1 saturated heterocycles. The highest BCUT2D eigenvalue weighted by Crippen LogP contribution is 2.28. The summed E-state index contributed by atoms with van der Waals surface area (Å²) in [7, 11) is 1.74. The average Bonchev–Trinajstić information content (AvgIpc) is 2.68. The summed E-state index contributed by atoms with van der Waals surface area (Å²) >= 11 is 0. The van der Waals surface area contributed by atoms with Gasteiger partial charge in [0.15, 0.2) is 0 Å². The monoisotopic (exact) mass is 390 g/mol. The van der Waals surface area contributed by atoms with Crippen LogP contribution in [0.25, 0.3) is 0 Å². The fourth-order valence-electron chi connectivity index (χ4n) is 3.44. The van der Waals surface area contributed by atoms with E-state index >= 15 is 0 Å². The lowest BCUT2D eigenvalue weighted by molar-refractivity contribution is 0.224. The van der Waals surface area contributed by atoms with Crippen molar-refractivity contribution in [2.75, 3.05) is 51.3 Å². The van der Waals surface area contributed by atoms with E-state index in [2.05, 4.69) is 54.0 Å². The van der Waals surface area contributed by atoms with Gasteiger partial charge in [0, 0.05) is 32.7 Å². The van der Waals surface area contributed by atoms with Gasteiger partial charge in [-0.25, -0.2) is 0 Å². The molecule has 0 saturated carbocycles. The van der Waals surface area contributed by atoms with Crippen LogP contribution in [0.4, 0.5) is 5.69 Å². The molecule has 0 amide bonds. The van der Waals surface area contributed by atoms with Gasteiger partial charge in [0.05, 0.1) is 19.4 Å². The van der Waals surface area contributed by atoms with Crippen molar-refractivity contribution in [3.05, 3.63) is 53.6 Å². The van der Waals surface area contributed by atoms with Crippen molar-refractivity contribution in [2.24, 2.45) is 0 Å². The van der Waals surface area contributed by atoms with Crippen LogP contribution < -0.4 is 14.4 Å². The molecule has 0 spiro atoms. The van der Waals surface area contributed by atoms with Gasteiger partial charge in [-0.05, 0) is 49.6 Å². The number of anilines is 1. The minimum atomic E-state index is 0. The molecular formula is C22H31ClN2O2. The number of para-hydroxylation sites is 2. The first-order valence-electron chi connectivity index (χ1n) is 9.48. The third-order valence-corrected chi connectivity index (χ3v) is 5.02. The summed E-state index contributed by atoms with van der Waals surface area (Å²) in [6, 6.07) is 14.7. The van der Waals surface area contributed by atoms with E-state index in [1.807, 2.05) is 12.1 Å². The minimum absolute atomic E-state index is 0. The van der Waals surface area contributed by atoms with Crippen molar-refractivity contribution in [1.29, 1.82) is 0 Å². The Morgan fingerprint density at radius 1 is 0.926 bits per heavy atom. The number of piperazine rings is 1. The predicted molar refractivity (Wildman–Crippen MR) is 115 cm³/mol. The normalized spacial score (nSPS) is 14.6. The highest BCUT2D eigenvalue weighted by Gasteiger charge is 2.19. The van der Waals surface area contributed by atoms with Crippen LogP contribution in [0.1, 0.15) is 17.5 Å². The van der Waals surface area contributed by atoms with Crippen LogP contribution in [-0.2, 0) is 0 Å². The molecule has 3 rings (SSSR count). The van der Waals surface area contributed by atoms with Crippen molar-refractivity contribution < 1.29 is 9.47 Å². The first-order valence-corrected chi connectivity index (χ1v) is 9.48. The van der Waals surface area contributed by atoms with Crippen LogP contribution >= 0.6 is 12.4 Å². The van der Waals surface area contributed by atoms with Gasteiger partial charge in [0.2, 0.25) is 0 Å². The Balaban J connectivity index is 0.00000261. The van der Waals surface area contributed by atoms with Gasteiger partial charge >= 0.3 is 0 Å². The molecule has 0 atom stereocenters. The number of benzene rings is 2. The second-order valence-corrected chi connectivity index (χ2v) is 6.97. The highest BCUT2D eigenvalue weighted by atomic mass is 35.5. The van der Waals surface area contributed by atoms with Crippen molar-refractivity contribution >= 4 is 18.1 Å². The number of aryl methyl sites for hydroxylation is 2. The molecule has 1 fully saturated rings. The Morgan fingerprint density at radius 2 is 1.67 bits per heavy atom. The van der Waals surface area contributed by atoms with E-state index in [-0.39, 0.29) is 12.4 Å². The summed E-state index contributed by atoms with van der Waals surface area (Å²) in [5.41, 5.74) is 3.66. The van der Waals surface area contributed by atoms with Crippen molar-refractivity contribution in [3.63, 3.8) is 0 Å². The summed E-state index contributed by atoms with van der Waals surface area (Å²) in [4.78, 5) is 4.94. The van der Waals surface area contributed by atoms with Crippen LogP contribution in [0.5, 0.6) is 11.5 Å². The maximum Gasteiger partial charge on any atom is 0.142 e. The van der Waals surface area contributed by atoms with E-state index < -0.39 is 0 Å². The van der Waals surface area contributed by atoms with Crippen LogP contribution in [0.3, 0.4) is 0 Å². The van der Waals surface area contributed by atoms with Gasteiger partial charge in [-0.15, -0.1) is 12.4 Å². The Bertz CT molecular complexity index is 715. The second kappa shape index (κ2) is 10.4. The molecule has 0 bridgehead atoms. The molecule has 0 aliphatic carbocycles. The van der Waals surface area contributed by atoms with Crippen LogP contribution in [0, 0.1) is 13.8 Å². The Hall–Kier alpha value is -1.91. The molecule has 0 N–H and O–H groups in total. The van der Waals surface area contributed by atoms with E-state index in [4.69, 9.17) is 9.47 Å². The fraction of sp³-hybridized carbons (Fsp3) is 0.455. The summed E-state index contributed by atoms with van der Waals surface area (Å²) in [5.74, 6) is 1.98. The van der Waals surface area contributed by atoms with Crippen LogP contribution in [-0.4, -0.2) is 51.3 Å². The topological polar surface area (TPSA) is 24.9 Å². The molecule has 27 heavy (non-hydrogen) atoms. The largest absolute Gasteiger partial charge is 0.495 e. The molecule has 0 unspecified atom stereocenters. The lowest BCUT2D eigenvalue weighted by Crippen LogP contribution is -2.46. The van der Waals surface area contributed by atoms with Crippen LogP contribution in [0.15, 0.2) is 42.5 Å². The van der Waals surface area contributed by atoms with Gasteiger partial charge in [-0.3, -0.25) is 4.90 Å². The third-order valence-electron chi connectivity index (χ3n) is 5.02. The van der Waals surface area contributed by atoms with Crippen molar-refractivity contribution in [1.82, 2.24) is 4.90 Å². The molecule has 1 aliphatic heterocycles. The van der Waals surface area contributed by atoms with Crippen LogP contribution in [0.2, 0.25) is 0 Å². The number of halogens is 1. The van der Waals surface area contributed by atoms with Gasteiger partial charge in [0.1, 0.15) is 11.5 Å². The van der Waals surface area contributed by atoms with E-state index in [1.54, 1.807) is 7.11 Å². The van der Waals surface area contributed by atoms with E-state index in [9.17, 15) is 0 Å². The Labute approximate surface area is 169 Å². The lowest BCUT2D eigenvalue weighted by Gasteiger charge is -2.36. The Kier molecular flexibility index (Phi) is 8.26. The SMILES string of the molecule is COc1ccccc1N1CCN(CCCOc2cc(C)ccc2C)CC1.Cl. The zero-order valence-corrected chi connectivity index (χ0v) is 17.4. The summed E-state index contributed by atoms with van der Waals surface area (Å²) in [6.07, 6.45) is 1.06. The molecule has 2 aromatic carbocycles. The van der Waals surface area contributed by atoms with Gasteiger partial charge in [0.25, 0.3) is 0 Å². The maximum absolute atomic E-state index is 5.98. The lowest BCUT2D eigenvalue weighted by atomic mass is 10.1. The zero-order valence-electron chi connectivity index (χ0n) is 16.6. The molecule has 0 radical (unpaired) electrons. The fourth-order valence-corrected chi connectivity index (χ4v) is 3.44. The standard InChI is InChI=1S/C22H30N2O2.ClH/c1-18-9-10-19(2)22(17-18)26-16-6-11-23-12-14-24(15-13-23)20-7-4-5-8-21(20)25-3;/h4-5,7-10,17H,6,11-16H2,1-3H3;1H. The smallest absolute Gasteiger partial charge is 0.142 e. The van der Waals surface area contributed by atoms with Gasteiger partial charge in [-0.1, -0.05) is 24.3 Å².